The van der Waals surface area contributed by atoms with Gasteiger partial charge in [-0.25, -0.2) is 14.1 Å². The summed E-state index contributed by atoms with van der Waals surface area (Å²) >= 11 is 0. The summed E-state index contributed by atoms with van der Waals surface area (Å²) in [6.07, 6.45) is -3.52. The predicted octanol–water partition coefficient (Wildman–Crippen LogP) is 0.828. The van der Waals surface area contributed by atoms with E-state index >= 15 is 0 Å². The predicted molar refractivity (Wildman–Crippen MR) is 122 cm³/mol. The van der Waals surface area contributed by atoms with Gasteiger partial charge in [-0.1, -0.05) is 18.2 Å². The molecule has 4 rings (SSSR count). The summed E-state index contributed by atoms with van der Waals surface area (Å²) in [6, 6.07) is 10.5. The molecular formula is C21H26N5O8P. The number of nitrogens with two attached hydrogens (primary N) is 1. The Bertz CT molecular complexity index is 1220. The number of esters is 1. The van der Waals surface area contributed by atoms with Crippen LogP contribution in [-0.4, -0.2) is 68.9 Å². The molecule has 0 bridgehead atoms. The minimum atomic E-state index is -4.15. The normalized spacial score (nSPS) is 24.7. The second-order valence-electron chi connectivity index (χ2n) is 7.85. The maximum atomic E-state index is 13.5. The molecule has 2 aromatic heterocycles. The van der Waals surface area contributed by atoms with Crippen LogP contribution in [0.1, 0.15) is 18.7 Å². The first-order chi connectivity index (χ1) is 16.7. The number of hydrogen-bond acceptors (Lipinski definition) is 11. The van der Waals surface area contributed by atoms with E-state index in [4.69, 9.17) is 19.5 Å². The number of rotatable bonds is 9. The minimum absolute atomic E-state index is 0.225. The van der Waals surface area contributed by atoms with Gasteiger partial charge in [0.1, 0.15) is 48.1 Å². The average Bonchev–Trinajstić information content (AvgIpc) is 3.39. The van der Waals surface area contributed by atoms with Gasteiger partial charge in [0.05, 0.1) is 19.4 Å². The first kappa shape index (κ1) is 25.0. The fourth-order valence-corrected chi connectivity index (χ4v) is 5.17. The van der Waals surface area contributed by atoms with E-state index in [0.29, 0.717) is 11.2 Å². The number of nitrogens with one attached hydrogen (secondary N) is 1. The van der Waals surface area contributed by atoms with E-state index in [9.17, 15) is 19.6 Å². The Morgan fingerprint density at radius 1 is 1.26 bits per heavy atom. The van der Waals surface area contributed by atoms with Gasteiger partial charge < -0.3 is 29.9 Å². The molecule has 0 radical (unpaired) electrons. The maximum absolute atomic E-state index is 13.5. The summed E-state index contributed by atoms with van der Waals surface area (Å²) in [6.45, 7) is 1.00. The number of carbonyl (C=O) groups excluding carboxylic acids is 1. The highest BCUT2D eigenvalue weighted by atomic mass is 31.2. The van der Waals surface area contributed by atoms with E-state index in [-0.39, 0.29) is 11.6 Å². The summed E-state index contributed by atoms with van der Waals surface area (Å²) in [5.41, 5.74) is 6.80. The minimum Gasteiger partial charge on any atom is -0.468 e. The highest BCUT2D eigenvalue weighted by Crippen LogP contribution is 2.46. The molecule has 1 aliphatic rings. The zero-order valence-corrected chi connectivity index (χ0v) is 19.8. The first-order valence-electron chi connectivity index (χ1n) is 10.7. The highest BCUT2D eigenvalue weighted by molar-refractivity contribution is 7.52. The number of anilines is 1. The van der Waals surface area contributed by atoms with Crippen molar-refractivity contribution in [3.63, 3.8) is 0 Å². The van der Waals surface area contributed by atoms with Gasteiger partial charge in [0, 0.05) is 0 Å². The van der Waals surface area contributed by atoms with E-state index in [2.05, 4.69) is 19.9 Å². The number of methoxy groups -OCH3 is 1. The standard InChI is InChI=1S/C21H26N5O8P/c1-12(21(29)31-2)25-35(30,34-13-6-4-3-5-7-13)32-10-16-17(27)18(28)19(33-16)14-8-9-15-20(22)23-11-24-26(14)15/h3-9,11-12,16-19,27-28H,10H2,1-2H3,(H,25,30)(H2,22,23,24)/t12-,16+,17+,18+,19-,35?/m0/s1. The number of aliphatic hydroxyl groups excluding tert-OH is 2. The number of fused-ring (bicyclic) bond motifs is 1. The molecule has 13 nitrogen and oxygen atoms in total. The third kappa shape index (κ3) is 5.30. The molecule has 1 aliphatic heterocycles. The van der Waals surface area contributed by atoms with Crippen LogP contribution in [0.25, 0.3) is 5.52 Å². The second kappa shape index (κ2) is 10.3. The van der Waals surface area contributed by atoms with Crippen molar-refractivity contribution in [3.8, 4) is 5.75 Å². The monoisotopic (exact) mass is 507 g/mol. The van der Waals surface area contributed by atoms with E-state index in [0.717, 1.165) is 0 Å². The lowest BCUT2D eigenvalue weighted by Crippen LogP contribution is -2.37. The number of aromatic nitrogens is 3. The Balaban J connectivity index is 1.51. The van der Waals surface area contributed by atoms with Gasteiger partial charge in [-0.05, 0) is 31.2 Å². The van der Waals surface area contributed by atoms with Gasteiger partial charge in [-0.2, -0.15) is 10.2 Å². The smallest absolute Gasteiger partial charge is 0.459 e. The number of aliphatic hydroxyl groups is 2. The van der Waals surface area contributed by atoms with Gasteiger partial charge >= 0.3 is 13.7 Å². The molecule has 1 fully saturated rings. The number of nitrogens with zero attached hydrogens (tertiary/aromatic N) is 3. The quantitative estimate of drug-likeness (QED) is 0.237. The van der Waals surface area contributed by atoms with Crippen molar-refractivity contribution in [1.29, 1.82) is 0 Å². The summed E-state index contributed by atoms with van der Waals surface area (Å²) in [5.74, 6) is -0.216. The summed E-state index contributed by atoms with van der Waals surface area (Å²) in [7, 11) is -2.96. The lowest BCUT2D eigenvalue weighted by atomic mass is 10.1. The zero-order valence-electron chi connectivity index (χ0n) is 18.9. The van der Waals surface area contributed by atoms with Crippen molar-refractivity contribution in [2.45, 2.75) is 37.4 Å². The molecule has 14 heteroatoms. The molecular weight excluding hydrogens is 481 g/mol. The van der Waals surface area contributed by atoms with Crippen LogP contribution in [0.5, 0.6) is 5.75 Å². The van der Waals surface area contributed by atoms with Crippen LogP contribution >= 0.6 is 7.75 Å². The van der Waals surface area contributed by atoms with Crippen molar-refractivity contribution >= 4 is 25.1 Å². The Labute approximate surface area is 200 Å². The summed E-state index contributed by atoms with van der Waals surface area (Å²) in [4.78, 5) is 15.8. The van der Waals surface area contributed by atoms with Crippen LogP contribution in [0, 0.1) is 0 Å². The molecule has 0 aliphatic carbocycles. The number of para-hydroxylation sites is 1. The molecule has 0 spiro atoms. The van der Waals surface area contributed by atoms with Crippen molar-refractivity contribution in [3.05, 3.63) is 54.5 Å². The molecule has 3 aromatic rings. The molecule has 35 heavy (non-hydrogen) atoms. The first-order valence-corrected chi connectivity index (χ1v) is 12.2. The van der Waals surface area contributed by atoms with Crippen LogP contribution < -0.4 is 15.3 Å². The van der Waals surface area contributed by atoms with Gasteiger partial charge in [-0.3, -0.25) is 9.32 Å². The van der Waals surface area contributed by atoms with Gasteiger partial charge in [0.25, 0.3) is 0 Å². The molecule has 0 saturated carbocycles. The number of ether oxygens (including phenoxy) is 2. The van der Waals surface area contributed by atoms with Crippen LogP contribution in [-0.2, 0) is 23.4 Å². The van der Waals surface area contributed by atoms with Gasteiger partial charge in [0.15, 0.2) is 5.82 Å². The maximum Gasteiger partial charge on any atom is 0.459 e. The van der Waals surface area contributed by atoms with Crippen molar-refractivity contribution in [2.75, 3.05) is 19.5 Å². The second-order valence-corrected chi connectivity index (χ2v) is 9.54. The average molecular weight is 507 g/mol. The Morgan fingerprint density at radius 2 is 2.00 bits per heavy atom. The van der Waals surface area contributed by atoms with Crippen LogP contribution in [0.4, 0.5) is 5.82 Å². The summed E-state index contributed by atoms with van der Waals surface area (Å²) < 4.78 is 36.5. The number of hydrogen-bond donors (Lipinski definition) is 4. The largest absolute Gasteiger partial charge is 0.468 e. The van der Waals surface area contributed by atoms with Crippen molar-refractivity contribution < 1.29 is 38.1 Å². The molecule has 188 valence electrons. The fraction of sp³-hybridized carbons (Fsp3) is 0.381. The van der Waals surface area contributed by atoms with E-state index in [1.807, 2.05) is 0 Å². The lowest BCUT2D eigenvalue weighted by molar-refractivity contribution is -0.142. The van der Waals surface area contributed by atoms with Gasteiger partial charge in [0.2, 0.25) is 0 Å². The zero-order chi connectivity index (χ0) is 25.2. The summed E-state index contributed by atoms with van der Waals surface area (Å²) in [5, 5.41) is 27.9. The fourth-order valence-electron chi connectivity index (χ4n) is 3.67. The van der Waals surface area contributed by atoms with Crippen LogP contribution in [0.15, 0.2) is 48.8 Å². The Morgan fingerprint density at radius 3 is 2.71 bits per heavy atom. The van der Waals surface area contributed by atoms with Crippen LogP contribution in [0.3, 0.4) is 0 Å². The topological polar surface area (TPSA) is 180 Å². The van der Waals surface area contributed by atoms with E-state index in [1.54, 1.807) is 42.5 Å². The Hall–Kier alpha value is -3.06. The number of nitrogen functional groups attached to an aromatic ring is 1. The molecule has 6 atom stereocenters. The molecule has 3 heterocycles. The SMILES string of the molecule is COC(=O)[C@H](C)NP(=O)(OC[C@H]1O[C@@H](c2ccc3c(N)ncnn23)[C@H](O)[C@@H]1O)Oc1ccccc1. The number of benzene rings is 1. The lowest BCUT2D eigenvalue weighted by Gasteiger charge is -2.24. The Kier molecular flexibility index (Phi) is 7.36. The van der Waals surface area contributed by atoms with Crippen LogP contribution in [0.2, 0.25) is 0 Å². The van der Waals surface area contributed by atoms with Gasteiger partial charge in [-0.15, -0.1) is 0 Å². The van der Waals surface area contributed by atoms with Crippen molar-refractivity contribution in [1.82, 2.24) is 19.7 Å². The van der Waals surface area contributed by atoms with E-state index in [1.165, 1.54) is 24.9 Å². The molecule has 1 unspecified atom stereocenters. The highest BCUT2D eigenvalue weighted by Gasteiger charge is 2.46. The van der Waals surface area contributed by atoms with E-state index < -0.39 is 50.8 Å². The third-order valence-corrected chi connectivity index (χ3v) is 7.09. The molecule has 1 saturated heterocycles. The molecule has 1 aromatic carbocycles. The van der Waals surface area contributed by atoms with Crippen molar-refractivity contribution in [2.24, 2.45) is 0 Å². The molecule has 0 amide bonds. The number of carbonyl (C=O) groups is 1. The third-order valence-electron chi connectivity index (χ3n) is 5.45. The molecule has 5 N–H and O–H groups in total.